The number of carbonyl (C=O) groups is 2. The molecule has 0 spiro atoms. The van der Waals surface area contributed by atoms with Crippen LogP contribution in [0.3, 0.4) is 0 Å². The van der Waals surface area contributed by atoms with E-state index in [-0.39, 0.29) is 12.5 Å². The minimum absolute atomic E-state index is 0.273. The molecule has 1 atom stereocenters. The number of hydrazine groups is 1. The zero-order chi connectivity index (χ0) is 16.2. The molecule has 1 rings (SSSR count). The van der Waals surface area contributed by atoms with Crippen LogP contribution in [-0.2, 0) is 4.74 Å². The van der Waals surface area contributed by atoms with Crippen LogP contribution < -0.4 is 5.43 Å². The number of nitrogens with zero attached hydrogens (tertiary/aromatic N) is 1. The molecule has 118 valence electrons. The summed E-state index contributed by atoms with van der Waals surface area (Å²) in [4.78, 5) is 24.3. The molecule has 0 aliphatic rings. The van der Waals surface area contributed by atoms with Crippen LogP contribution in [0, 0.1) is 6.92 Å². The van der Waals surface area contributed by atoms with Crippen molar-refractivity contribution in [1.82, 2.24) is 10.4 Å². The first-order valence-corrected chi connectivity index (χ1v) is 7.57. The highest BCUT2D eigenvalue weighted by molar-refractivity contribution is 7.08. The van der Waals surface area contributed by atoms with Crippen molar-refractivity contribution in [1.29, 1.82) is 0 Å². The molecule has 0 bridgehead atoms. The van der Waals surface area contributed by atoms with E-state index in [2.05, 4.69) is 5.43 Å². The topological polar surface area (TPSA) is 78.9 Å². The predicted octanol–water partition coefficient (Wildman–Crippen LogP) is 2.32. The molecule has 0 saturated heterocycles. The van der Waals surface area contributed by atoms with Gasteiger partial charge in [-0.25, -0.2) is 15.2 Å². The Morgan fingerprint density at radius 3 is 2.48 bits per heavy atom. The number of aliphatic hydroxyl groups is 1. The van der Waals surface area contributed by atoms with Crippen LogP contribution in [0.15, 0.2) is 10.8 Å². The summed E-state index contributed by atoms with van der Waals surface area (Å²) in [5.41, 5.74) is 3.06. The molecule has 6 nitrogen and oxygen atoms in total. The average Bonchev–Trinajstić information content (AvgIpc) is 2.78. The second-order valence-corrected chi connectivity index (χ2v) is 6.53. The molecule has 1 aromatic heterocycles. The number of aliphatic hydroxyl groups excluding tert-OH is 1. The van der Waals surface area contributed by atoms with Gasteiger partial charge in [-0.15, -0.1) is 0 Å². The van der Waals surface area contributed by atoms with E-state index in [0.717, 1.165) is 10.6 Å². The Labute approximate surface area is 128 Å². The van der Waals surface area contributed by atoms with Gasteiger partial charge in [0.05, 0.1) is 18.2 Å². The molecule has 0 aliphatic heterocycles. The number of amides is 2. The second-order valence-electron chi connectivity index (χ2n) is 5.79. The quantitative estimate of drug-likeness (QED) is 0.839. The van der Waals surface area contributed by atoms with Crippen molar-refractivity contribution < 1.29 is 19.4 Å². The number of hydrogen-bond donors (Lipinski definition) is 2. The van der Waals surface area contributed by atoms with Gasteiger partial charge in [0.15, 0.2) is 0 Å². The van der Waals surface area contributed by atoms with E-state index in [4.69, 9.17) is 4.74 Å². The lowest BCUT2D eigenvalue weighted by Crippen LogP contribution is -2.53. The molecule has 2 N–H and O–H groups in total. The second kappa shape index (κ2) is 6.91. The predicted molar refractivity (Wildman–Crippen MR) is 81.1 cm³/mol. The van der Waals surface area contributed by atoms with E-state index in [0.29, 0.717) is 5.56 Å². The maximum absolute atomic E-state index is 12.5. The van der Waals surface area contributed by atoms with E-state index >= 15 is 0 Å². The van der Waals surface area contributed by atoms with Crippen molar-refractivity contribution >= 4 is 23.3 Å². The number of rotatable bonds is 3. The maximum Gasteiger partial charge on any atom is 0.426 e. The van der Waals surface area contributed by atoms with Crippen LogP contribution in [0.2, 0.25) is 0 Å². The molecule has 2 amide bonds. The largest absolute Gasteiger partial charge is 0.443 e. The van der Waals surface area contributed by atoms with E-state index in [1.807, 2.05) is 12.3 Å². The van der Waals surface area contributed by atoms with Crippen molar-refractivity contribution in [3.63, 3.8) is 0 Å². The van der Waals surface area contributed by atoms with E-state index in [9.17, 15) is 14.7 Å². The van der Waals surface area contributed by atoms with E-state index in [1.54, 1.807) is 33.1 Å². The van der Waals surface area contributed by atoms with Crippen LogP contribution in [-0.4, -0.2) is 40.4 Å². The summed E-state index contributed by atoms with van der Waals surface area (Å²) >= 11 is 1.41. The number of ether oxygens (including phenoxy) is 1. The first-order chi connectivity index (χ1) is 9.65. The molecule has 7 heteroatoms. The van der Waals surface area contributed by atoms with Crippen molar-refractivity contribution in [2.75, 3.05) is 6.61 Å². The lowest BCUT2D eigenvalue weighted by atomic mass is 10.2. The van der Waals surface area contributed by atoms with Gasteiger partial charge in [-0.1, -0.05) is 0 Å². The summed E-state index contributed by atoms with van der Waals surface area (Å²) in [6, 6.07) is -0.565. The Morgan fingerprint density at radius 2 is 2.05 bits per heavy atom. The number of carbonyl (C=O) groups excluding carboxylic acids is 2. The van der Waals surface area contributed by atoms with Crippen molar-refractivity contribution in [3.8, 4) is 0 Å². The molecule has 0 aliphatic carbocycles. The highest BCUT2D eigenvalue weighted by Crippen LogP contribution is 2.17. The molecule has 1 aromatic rings. The van der Waals surface area contributed by atoms with Gasteiger partial charge in [-0.05, 0) is 45.6 Å². The number of nitrogens with one attached hydrogen (secondary N) is 1. The summed E-state index contributed by atoms with van der Waals surface area (Å²) in [5, 5.41) is 13.9. The third-order valence-electron chi connectivity index (χ3n) is 2.62. The molecule has 1 unspecified atom stereocenters. The van der Waals surface area contributed by atoms with Crippen LogP contribution in [0.4, 0.5) is 4.79 Å². The Morgan fingerprint density at radius 1 is 1.43 bits per heavy atom. The van der Waals surface area contributed by atoms with Gasteiger partial charge in [-0.3, -0.25) is 4.79 Å². The van der Waals surface area contributed by atoms with Gasteiger partial charge in [0.1, 0.15) is 5.60 Å². The maximum atomic E-state index is 12.5. The fraction of sp³-hybridized carbons (Fsp3) is 0.571. The third-order valence-corrected chi connectivity index (χ3v) is 3.48. The van der Waals surface area contributed by atoms with Crippen molar-refractivity contribution in [2.45, 2.75) is 46.3 Å². The summed E-state index contributed by atoms with van der Waals surface area (Å²) in [6.07, 6.45) is -0.732. The molecular formula is C14H22N2O4S. The lowest BCUT2D eigenvalue weighted by Gasteiger charge is -2.29. The first-order valence-electron chi connectivity index (χ1n) is 6.62. The highest BCUT2D eigenvalue weighted by atomic mass is 32.1. The standard InChI is InChI=1S/C14H22N2O4S/c1-9-7-21-8-11(9)12(18)16(10(2)6-17)15-13(19)20-14(3,4)5/h7-8,10,17H,6H2,1-5H3,(H,15,19). The zero-order valence-electron chi connectivity index (χ0n) is 13.0. The highest BCUT2D eigenvalue weighted by Gasteiger charge is 2.27. The van der Waals surface area contributed by atoms with Gasteiger partial charge in [0, 0.05) is 5.38 Å². The van der Waals surface area contributed by atoms with Crippen molar-refractivity contribution in [3.05, 3.63) is 21.9 Å². The number of aryl methyl sites for hydroxylation is 1. The fourth-order valence-corrected chi connectivity index (χ4v) is 2.37. The van der Waals surface area contributed by atoms with E-state index in [1.165, 1.54) is 11.3 Å². The Hall–Kier alpha value is -1.60. The minimum Gasteiger partial charge on any atom is -0.443 e. The minimum atomic E-state index is -0.732. The third kappa shape index (κ3) is 5.02. The molecule has 21 heavy (non-hydrogen) atoms. The normalized spacial score (nSPS) is 12.7. The van der Waals surface area contributed by atoms with Gasteiger partial charge < -0.3 is 9.84 Å². The van der Waals surface area contributed by atoms with Crippen LogP contribution in [0.5, 0.6) is 0 Å². The summed E-state index contributed by atoms with van der Waals surface area (Å²) in [7, 11) is 0. The number of hydrogen-bond acceptors (Lipinski definition) is 5. The summed E-state index contributed by atoms with van der Waals surface area (Å²) in [5.74, 6) is -0.374. The Bertz CT molecular complexity index is 507. The van der Waals surface area contributed by atoms with E-state index < -0.39 is 17.7 Å². The monoisotopic (exact) mass is 314 g/mol. The van der Waals surface area contributed by atoms with Gasteiger partial charge in [-0.2, -0.15) is 11.3 Å². The lowest BCUT2D eigenvalue weighted by molar-refractivity contribution is 0.0173. The smallest absolute Gasteiger partial charge is 0.426 e. The van der Waals surface area contributed by atoms with Gasteiger partial charge in [0.2, 0.25) is 0 Å². The molecule has 1 heterocycles. The molecular weight excluding hydrogens is 292 g/mol. The van der Waals surface area contributed by atoms with Gasteiger partial charge >= 0.3 is 6.09 Å². The number of thiophene rings is 1. The summed E-state index contributed by atoms with van der Waals surface area (Å²) < 4.78 is 5.14. The Kier molecular flexibility index (Phi) is 5.74. The molecule has 0 fully saturated rings. The summed E-state index contributed by atoms with van der Waals surface area (Å²) in [6.45, 7) is 8.38. The van der Waals surface area contributed by atoms with Crippen LogP contribution >= 0.6 is 11.3 Å². The molecule has 0 saturated carbocycles. The van der Waals surface area contributed by atoms with Crippen LogP contribution in [0.1, 0.15) is 43.6 Å². The molecule has 0 radical (unpaired) electrons. The van der Waals surface area contributed by atoms with Crippen LogP contribution in [0.25, 0.3) is 0 Å². The van der Waals surface area contributed by atoms with Crippen molar-refractivity contribution in [2.24, 2.45) is 0 Å². The Balaban J connectivity index is 2.89. The average molecular weight is 314 g/mol. The molecule has 0 aromatic carbocycles. The fourth-order valence-electron chi connectivity index (χ4n) is 1.55. The zero-order valence-corrected chi connectivity index (χ0v) is 13.8. The first kappa shape index (κ1) is 17.5. The SMILES string of the molecule is Cc1cscc1C(=O)N(NC(=O)OC(C)(C)C)C(C)CO. The van der Waals surface area contributed by atoms with Gasteiger partial charge in [0.25, 0.3) is 5.91 Å².